The van der Waals surface area contributed by atoms with E-state index in [4.69, 9.17) is 14.2 Å². The van der Waals surface area contributed by atoms with Crippen LogP contribution in [-0.4, -0.2) is 121 Å². The van der Waals surface area contributed by atoms with E-state index in [9.17, 15) is 28.8 Å². The SMILES string of the molecule is COC(=O)NC(C(=O)N1CCC[C@H]1C(=O)Nc1ccc(CN(Cc2ccc(NC(=O)C3CCCN3C(=O)[C@@H](NC(=O)OC)C(C)(C)C)cc2)[C@@H]2CCOC2)cc1)C(C)(C)C. The number of alkyl carbamates (subject to hydrolysis) is 2. The van der Waals surface area contributed by atoms with E-state index in [1.165, 1.54) is 14.2 Å². The lowest BCUT2D eigenvalue weighted by Gasteiger charge is -2.35. The van der Waals surface area contributed by atoms with Gasteiger partial charge in [-0.05, 0) is 78.3 Å². The van der Waals surface area contributed by atoms with Gasteiger partial charge in [0.05, 0.1) is 20.8 Å². The first-order chi connectivity index (χ1) is 28.4. The highest BCUT2D eigenvalue weighted by Crippen LogP contribution is 2.29. The number of amides is 6. The number of methoxy groups -OCH3 is 2. The van der Waals surface area contributed by atoms with Gasteiger partial charge in [0.25, 0.3) is 0 Å². The summed E-state index contributed by atoms with van der Waals surface area (Å²) in [6, 6.07) is 12.6. The lowest BCUT2D eigenvalue weighted by molar-refractivity contribution is -0.140. The Hall–Kier alpha value is -5.22. The second-order valence-electron chi connectivity index (χ2n) is 18.0. The first kappa shape index (κ1) is 45.9. The van der Waals surface area contributed by atoms with Crippen LogP contribution in [0.15, 0.2) is 48.5 Å². The maximum absolute atomic E-state index is 13.6. The molecule has 0 aliphatic carbocycles. The lowest BCUT2D eigenvalue weighted by atomic mass is 9.85. The normalized spacial score (nSPS) is 20.3. The van der Waals surface area contributed by atoms with Gasteiger partial charge in [-0.25, -0.2) is 9.59 Å². The van der Waals surface area contributed by atoms with Gasteiger partial charge in [-0.1, -0.05) is 65.8 Å². The standard InChI is InChI=1S/C44H63N7O9/c1-43(2,3)35(47-41(56)58-7)39(54)50-22-9-11-33(50)37(52)45-30-17-13-28(14-18-30)25-49(32-21-24-60-27-32)26-29-15-19-31(20-16-29)46-38(53)34-12-10-23-51(34)40(55)36(44(4,5)6)48-42(57)59-8/h13-20,32-36H,9-12,21-27H2,1-8H3,(H,45,52)(H,46,53)(H,47,56)(H,48,57)/t32-,33+,34?,35?,36-/m1/s1. The van der Waals surface area contributed by atoms with Gasteiger partial charge in [-0.2, -0.15) is 0 Å². The first-order valence-corrected chi connectivity index (χ1v) is 20.8. The zero-order valence-corrected chi connectivity index (χ0v) is 36.3. The van der Waals surface area contributed by atoms with E-state index in [1.54, 1.807) is 9.80 Å². The number of hydrogen-bond donors (Lipinski definition) is 4. The van der Waals surface area contributed by atoms with Crippen LogP contribution in [0.1, 0.15) is 84.8 Å². The molecule has 0 saturated carbocycles. The molecule has 16 nitrogen and oxygen atoms in total. The largest absolute Gasteiger partial charge is 0.453 e. The maximum atomic E-state index is 13.6. The van der Waals surface area contributed by atoms with E-state index in [1.807, 2.05) is 90.1 Å². The number of ether oxygens (including phenoxy) is 3. The van der Waals surface area contributed by atoms with Crippen LogP contribution >= 0.6 is 0 Å². The molecule has 2 aromatic rings. The van der Waals surface area contributed by atoms with Crippen molar-refractivity contribution in [3.8, 4) is 0 Å². The van der Waals surface area contributed by atoms with Crippen molar-refractivity contribution in [2.45, 2.75) is 117 Å². The Morgan fingerprint density at radius 3 is 1.40 bits per heavy atom. The van der Waals surface area contributed by atoms with Crippen molar-refractivity contribution in [3.05, 3.63) is 59.7 Å². The zero-order valence-electron chi connectivity index (χ0n) is 36.3. The molecule has 0 radical (unpaired) electrons. The highest BCUT2D eigenvalue weighted by atomic mass is 16.5. The number of hydrogen-bond acceptors (Lipinski definition) is 10. The molecule has 3 saturated heterocycles. The van der Waals surface area contributed by atoms with E-state index in [-0.39, 0.29) is 29.7 Å². The van der Waals surface area contributed by atoms with Crippen molar-refractivity contribution in [1.82, 2.24) is 25.3 Å². The molecule has 3 aliphatic heterocycles. The molecule has 5 atom stereocenters. The van der Waals surface area contributed by atoms with Crippen LogP contribution in [0.2, 0.25) is 0 Å². The molecule has 0 spiro atoms. The number of carbonyl (C=O) groups excluding carboxylic acids is 6. The average Bonchev–Trinajstić information content (AvgIpc) is 4.02. The van der Waals surface area contributed by atoms with Crippen molar-refractivity contribution in [2.24, 2.45) is 10.8 Å². The quantitative estimate of drug-likeness (QED) is 0.217. The molecule has 60 heavy (non-hydrogen) atoms. The minimum absolute atomic E-state index is 0.205. The fraction of sp³-hybridized carbons (Fsp3) is 0.591. The summed E-state index contributed by atoms with van der Waals surface area (Å²) in [7, 11) is 2.50. The second-order valence-corrected chi connectivity index (χ2v) is 18.0. The van der Waals surface area contributed by atoms with E-state index in [0.29, 0.717) is 76.5 Å². The first-order valence-electron chi connectivity index (χ1n) is 20.8. The molecule has 2 aromatic carbocycles. The Balaban J connectivity index is 1.19. The van der Waals surface area contributed by atoms with Gasteiger partial charge in [0.1, 0.15) is 24.2 Å². The molecule has 328 valence electrons. The molecule has 0 aromatic heterocycles. The molecule has 4 N–H and O–H groups in total. The van der Waals surface area contributed by atoms with Gasteiger partial charge >= 0.3 is 12.2 Å². The van der Waals surface area contributed by atoms with Crippen molar-refractivity contribution in [1.29, 1.82) is 0 Å². The van der Waals surface area contributed by atoms with Crippen molar-refractivity contribution in [2.75, 3.05) is 51.2 Å². The molecule has 16 heteroatoms. The van der Waals surface area contributed by atoms with E-state index >= 15 is 0 Å². The van der Waals surface area contributed by atoms with Crippen LogP contribution in [-0.2, 0) is 46.5 Å². The predicted octanol–water partition coefficient (Wildman–Crippen LogP) is 4.88. The summed E-state index contributed by atoms with van der Waals surface area (Å²) in [4.78, 5) is 83.9. The van der Waals surface area contributed by atoms with Crippen LogP contribution in [0.3, 0.4) is 0 Å². The van der Waals surface area contributed by atoms with E-state index in [2.05, 4.69) is 26.2 Å². The zero-order chi connectivity index (χ0) is 43.8. The monoisotopic (exact) mass is 833 g/mol. The number of rotatable bonds is 13. The fourth-order valence-electron chi connectivity index (χ4n) is 8.02. The topological polar surface area (TPSA) is 188 Å². The minimum atomic E-state index is -0.858. The Labute approximate surface area is 353 Å². The highest BCUT2D eigenvalue weighted by molar-refractivity contribution is 5.99. The number of nitrogens with one attached hydrogen (secondary N) is 4. The van der Waals surface area contributed by atoms with Crippen LogP contribution in [0.5, 0.6) is 0 Å². The Kier molecular flexibility index (Phi) is 15.2. The number of carbonyl (C=O) groups is 6. The van der Waals surface area contributed by atoms with E-state index < -0.39 is 47.2 Å². The highest BCUT2D eigenvalue weighted by Gasteiger charge is 2.43. The minimum Gasteiger partial charge on any atom is -0.453 e. The molecule has 6 amide bonds. The van der Waals surface area contributed by atoms with Gasteiger partial charge in [-0.3, -0.25) is 24.1 Å². The number of likely N-dealkylation sites (tertiary alicyclic amines) is 2. The molecule has 3 aliphatic rings. The summed E-state index contributed by atoms with van der Waals surface area (Å²) >= 11 is 0. The Bertz CT molecular complexity index is 1710. The summed E-state index contributed by atoms with van der Waals surface area (Å²) in [5.74, 6) is -1.19. The fourth-order valence-corrected chi connectivity index (χ4v) is 8.02. The van der Waals surface area contributed by atoms with Gasteiger partial charge in [0.15, 0.2) is 0 Å². The van der Waals surface area contributed by atoms with Gasteiger partial charge in [0, 0.05) is 50.2 Å². The molecular formula is C44H63N7O9. The van der Waals surface area contributed by atoms with Gasteiger partial charge < -0.3 is 45.3 Å². The molecule has 0 bridgehead atoms. The molecule has 3 heterocycles. The Morgan fingerprint density at radius 1 is 0.667 bits per heavy atom. The third-order valence-electron chi connectivity index (χ3n) is 11.4. The van der Waals surface area contributed by atoms with Crippen LogP contribution in [0.25, 0.3) is 0 Å². The summed E-state index contributed by atoms with van der Waals surface area (Å²) in [5.41, 5.74) is 2.14. The third-order valence-corrected chi connectivity index (χ3v) is 11.4. The second kappa shape index (κ2) is 19.9. The molecular weight excluding hydrogens is 771 g/mol. The van der Waals surface area contributed by atoms with Gasteiger partial charge in [0.2, 0.25) is 23.6 Å². The molecule has 2 unspecified atom stereocenters. The predicted molar refractivity (Wildman–Crippen MR) is 226 cm³/mol. The van der Waals surface area contributed by atoms with Crippen molar-refractivity contribution in [3.63, 3.8) is 0 Å². The summed E-state index contributed by atoms with van der Waals surface area (Å²) in [6.45, 7) is 14.5. The number of nitrogens with zero attached hydrogens (tertiary/aromatic N) is 3. The van der Waals surface area contributed by atoms with Crippen molar-refractivity contribution < 1.29 is 43.0 Å². The van der Waals surface area contributed by atoms with Crippen LogP contribution in [0, 0.1) is 10.8 Å². The Morgan fingerprint density at radius 2 is 1.07 bits per heavy atom. The van der Waals surface area contributed by atoms with Crippen molar-refractivity contribution >= 4 is 47.2 Å². The summed E-state index contributed by atoms with van der Waals surface area (Å²) in [5, 5.41) is 11.3. The smallest absolute Gasteiger partial charge is 0.407 e. The summed E-state index contributed by atoms with van der Waals surface area (Å²) < 4.78 is 15.3. The van der Waals surface area contributed by atoms with E-state index in [0.717, 1.165) is 17.5 Å². The third kappa shape index (κ3) is 11.7. The lowest BCUT2D eigenvalue weighted by Crippen LogP contribution is -2.57. The maximum Gasteiger partial charge on any atom is 0.407 e. The average molecular weight is 834 g/mol. The van der Waals surface area contributed by atoms with Crippen LogP contribution < -0.4 is 21.3 Å². The summed E-state index contributed by atoms with van der Waals surface area (Å²) in [6.07, 6.45) is 1.88. The molecule has 3 fully saturated rings. The number of anilines is 2. The van der Waals surface area contributed by atoms with Gasteiger partial charge in [-0.15, -0.1) is 0 Å². The van der Waals surface area contributed by atoms with Crippen LogP contribution in [0.4, 0.5) is 21.0 Å². The number of benzene rings is 2. The molecule has 5 rings (SSSR count).